The zero-order valence-electron chi connectivity index (χ0n) is 23.5. The van der Waals surface area contributed by atoms with Crippen molar-refractivity contribution >= 4 is 43.5 Å². The van der Waals surface area contributed by atoms with Crippen molar-refractivity contribution < 1.29 is 0 Å². The Morgan fingerprint density at radius 2 is 1.19 bits per heavy atom. The second kappa shape index (κ2) is 8.37. The summed E-state index contributed by atoms with van der Waals surface area (Å²) in [5.41, 5.74) is 10.4. The lowest BCUT2D eigenvalue weighted by molar-refractivity contribution is 0.662. The topological polar surface area (TPSA) is 30.7 Å². The van der Waals surface area contributed by atoms with Gasteiger partial charge in [0.2, 0.25) is 5.95 Å². The van der Waals surface area contributed by atoms with E-state index in [1.807, 2.05) is 0 Å². The standard InChI is InChI=1S/C39H27N3/c1-39(2)32-19-8-5-14-26(32)28-17-11-18-30(36(28)39)37-29-16-6-9-20-33(29)40-38(41-37)42-34-21-10-7-15-27(34)31-22-24-12-3-4-13-25(24)23-35(31)42/h3-23H,1-2H3. The Bertz CT molecular complexity index is 2390. The fourth-order valence-electron chi connectivity index (χ4n) is 7.29. The van der Waals surface area contributed by atoms with E-state index in [2.05, 4.69) is 146 Å². The van der Waals surface area contributed by atoms with E-state index in [4.69, 9.17) is 9.97 Å². The van der Waals surface area contributed by atoms with E-state index in [1.54, 1.807) is 0 Å². The van der Waals surface area contributed by atoms with Gasteiger partial charge in [-0.25, -0.2) is 9.97 Å². The molecule has 0 fully saturated rings. The fraction of sp³-hybridized carbons (Fsp3) is 0.0769. The Morgan fingerprint density at radius 1 is 0.524 bits per heavy atom. The number of hydrogen-bond acceptors (Lipinski definition) is 2. The summed E-state index contributed by atoms with van der Waals surface area (Å²) < 4.78 is 2.25. The lowest BCUT2D eigenvalue weighted by Gasteiger charge is -2.24. The molecule has 0 spiro atoms. The van der Waals surface area contributed by atoms with Crippen LogP contribution >= 0.6 is 0 Å². The Kier molecular flexibility index (Phi) is 4.67. The maximum atomic E-state index is 5.45. The van der Waals surface area contributed by atoms with Crippen molar-refractivity contribution in [2.24, 2.45) is 0 Å². The maximum absolute atomic E-state index is 5.45. The van der Waals surface area contributed by atoms with E-state index in [1.165, 1.54) is 49.4 Å². The average molecular weight is 538 g/mol. The molecule has 0 saturated heterocycles. The summed E-state index contributed by atoms with van der Waals surface area (Å²) in [5.74, 6) is 0.691. The van der Waals surface area contributed by atoms with E-state index in [0.717, 1.165) is 27.6 Å². The minimum atomic E-state index is -0.152. The van der Waals surface area contributed by atoms with Gasteiger partial charge in [-0.1, -0.05) is 117 Å². The van der Waals surface area contributed by atoms with Crippen molar-refractivity contribution in [1.29, 1.82) is 0 Å². The van der Waals surface area contributed by atoms with Gasteiger partial charge in [0.05, 0.1) is 22.2 Å². The van der Waals surface area contributed by atoms with Gasteiger partial charge in [-0.2, -0.15) is 0 Å². The van der Waals surface area contributed by atoms with Crippen LogP contribution in [-0.4, -0.2) is 14.5 Å². The molecule has 8 aromatic rings. The van der Waals surface area contributed by atoms with Crippen LogP contribution in [0.5, 0.6) is 0 Å². The van der Waals surface area contributed by atoms with E-state index in [-0.39, 0.29) is 5.41 Å². The summed E-state index contributed by atoms with van der Waals surface area (Å²) in [6.45, 7) is 4.67. The van der Waals surface area contributed by atoms with Crippen molar-refractivity contribution in [2.45, 2.75) is 19.3 Å². The highest BCUT2D eigenvalue weighted by Gasteiger charge is 2.37. The summed E-state index contributed by atoms with van der Waals surface area (Å²) >= 11 is 0. The van der Waals surface area contributed by atoms with Crippen molar-refractivity contribution in [2.75, 3.05) is 0 Å². The number of fused-ring (bicyclic) bond motifs is 8. The van der Waals surface area contributed by atoms with Crippen LogP contribution in [0.3, 0.4) is 0 Å². The summed E-state index contributed by atoms with van der Waals surface area (Å²) in [6, 6.07) is 45.6. The Morgan fingerprint density at radius 3 is 2.07 bits per heavy atom. The summed E-state index contributed by atoms with van der Waals surface area (Å²) in [6.07, 6.45) is 0. The molecule has 1 aliphatic carbocycles. The minimum absolute atomic E-state index is 0.152. The van der Waals surface area contributed by atoms with Crippen LogP contribution in [-0.2, 0) is 5.41 Å². The van der Waals surface area contributed by atoms with Crippen molar-refractivity contribution in [3.05, 3.63) is 139 Å². The first kappa shape index (κ1) is 23.4. The maximum Gasteiger partial charge on any atom is 0.235 e. The predicted octanol–water partition coefficient (Wildman–Crippen LogP) is 9.85. The number of para-hydroxylation sites is 2. The van der Waals surface area contributed by atoms with E-state index < -0.39 is 0 Å². The zero-order chi connectivity index (χ0) is 28.0. The van der Waals surface area contributed by atoms with Gasteiger partial charge in [0, 0.05) is 27.1 Å². The third kappa shape index (κ3) is 3.11. The molecule has 0 bridgehead atoms. The number of rotatable bonds is 2. The van der Waals surface area contributed by atoms with Crippen molar-refractivity contribution in [3.8, 4) is 28.3 Å². The van der Waals surface area contributed by atoms with Crippen molar-refractivity contribution in [1.82, 2.24) is 14.5 Å². The highest BCUT2D eigenvalue weighted by Crippen LogP contribution is 2.52. The number of hydrogen-bond donors (Lipinski definition) is 0. The Balaban J connectivity index is 1.39. The molecule has 3 nitrogen and oxygen atoms in total. The summed E-state index contributed by atoms with van der Waals surface area (Å²) in [5, 5.41) is 5.91. The van der Waals surface area contributed by atoms with Crippen LogP contribution in [0.4, 0.5) is 0 Å². The van der Waals surface area contributed by atoms with E-state index in [0.29, 0.717) is 5.95 Å². The summed E-state index contributed by atoms with van der Waals surface area (Å²) in [7, 11) is 0. The van der Waals surface area contributed by atoms with Crippen LogP contribution in [0.25, 0.3) is 71.8 Å². The molecular weight excluding hydrogens is 510 g/mol. The first-order valence-electron chi connectivity index (χ1n) is 14.5. The first-order valence-corrected chi connectivity index (χ1v) is 14.5. The largest absolute Gasteiger partial charge is 0.278 e. The molecule has 0 radical (unpaired) electrons. The van der Waals surface area contributed by atoms with Gasteiger partial charge in [-0.3, -0.25) is 4.57 Å². The third-order valence-electron chi connectivity index (χ3n) is 9.17. The van der Waals surface area contributed by atoms with Crippen LogP contribution in [0.1, 0.15) is 25.0 Å². The smallest absolute Gasteiger partial charge is 0.235 e. The molecule has 9 rings (SSSR count). The third-order valence-corrected chi connectivity index (χ3v) is 9.17. The van der Waals surface area contributed by atoms with Gasteiger partial charge < -0.3 is 0 Å². The Hall–Kier alpha value is -5.28. The molecule has 1 aliphatic rings. The Labute approximate surface area is 243 Å². The van der Waals surface area contributed by atoms with Crippen molar-refractivity contribution in [3.63, 3.8) is 0 Å². The van der Waals surface area contributed by atoms with Crippen LogP contribution in [0.2, 0.25) is 0 Å². The first-order chi connectivity index (χ1) is 20.6. The molecule has 0 saturated carbocycles. The van der Waals surface area contributed by atoms with Gasteiger partial charge in [0.1, 0.15) is 0 Å². The molecular formula is C39H27N3. The molecule has 0 aliphatic heterocycles. The average Bonchev–Trinajstić information content (AvgIpc) is 3.48. The highest BCUT2D eigenvalue weighted by molar-refractivity contribution is 6.13. The lowest BCUT2D eigenvalue weighted by Crippen LogP contribution is -2.16. The highest BCUT2D eigenvalue weighted by atomic mass is 15.2. The molecule has 2 aromatic heterocycles. The number of nitrogens with zero attached hydrogens (tertiary/aromatic N) is 3. The monoisotopic (exact) mass is 537 g/mol. The zero-order valence-corrected chi connectivity index (χ0v) is 23.5. The second-order valence-electron chi connectivity index (χ2n) is 11.9. The number of aromatic nitrogens is 3. The van der Waals surface area contributed by atoms with Gasteiger partial charge in [-0.05, 0) is 57.3 Å². The van der Waals surface area contributed by atoms with Crippen LogP contribution in [0, 0.1) is 0 Å². The quantitative estimate of drug-likeness (QED) is 0.220. The van der Waals surface area contributed by atoms with E-state index >= 15 is 0 Å². The van der Waals surface area contributed by atoms with Gasteiger partial charge >= 0.3 is 0 Å². The molecule has 198 valence electrons. The molecule has 0 N–H and O–H groups in total. The van der Waals surface area contributed by atoms with Crippen LogP contribution < -0.4 is 0 Å². The van der Waals surface area contributed by atoms with Gasteiger partial charge in [-0.15, -0.1) is 0 Å². The SMILES string of the molecule is CC1(C)c2ccccc2-c2cccc(-c3nc(-n4c5ccccc5c5cc6ccccc6cc54)nc4ccccc34)c21. The summed E-state index contributed by atoms with van der Waals surface area (Å²) in [4.78, 5) is 10.7. The number of benzene rings is 6. The predicted molar refractivity (Wildman–Crippen MR) is 174 cm³/mol. The molecule has 3 heteroatoms. The molecule has 0 atom stereocenters. The van der Waals surface area contributed by atoms with E-state index in [9.17, 15) is 0 Å². The van der Waals surface area contributed by atoms with Gasteiger partial charge in [0.25, 0.3) is 0 Å². The minimum Gasteiger partial charge on any atom is -0.278 e. The lowest BCUT2D eigenvalue weighted by atomic mass is 9.79. The molecule has 6 aromatic carbocycles. The fourth-order valence-corrected chi connectivity index (χ4v) is 7.29. The second-order valence-corrected chi connectivity index (χ2v) is 11.9. The normalized spacial score (nSPS) is 13.7. The molecule has 0 unspecified atom stereocenters. The van der Waals surface area contributed by atoms with Crippen LogP contribution in [0.15, 0.2) is 127 Å². The molecule has 42 heavy (non-hydrogen) atoms. The molecule has 2 heterocycles. The molecule has 0 amide bonds. The van der Waals surface area contributed by atoms with Gasteiger partial charge in [0.15, 0.2) is 0 Å².